The Labute approximate surface area is 149 Å². The summed E-state index contributed by atoms with van der Waals surface area (Å²) >= 11 is 0. The van der Waals surface area contributed by atoms with Crippen LogP contribution >= 0.6 is 0 Å². The van der Waals surface area contributed by atoms with E-state index in [2.05, 4.69) is 100 Å². The van der Waals surface area contributed by atoms with E-state index in [1.165, 1.54) is 36.1 Å². The Hall–Kier alpha value is -1.60. The monoisotopic (exact) mass is 336 g/mol. The van der Waals surface area contributed by atoms with Gasteiger partial charge >= 0.3 is 0 Å². The van der Waals surface area contributed by atoms with Crippen LogP contribution in [0.1, 0.15) is 53.4 Å². The van der Waals surface area contributed by atoms with Crippen LogP contribution in [0.25, 0.3) is 0 Å². The Balaban J connectivity index is 2.53. The third-order valence-corrected chi connectivity index (χ3v) is 10.6. The lowest BCUT2D eigenvalue weighted by Gasteiger charge is -2.42. The summed E-state index contributed by atoms with van der Waals surface area (Å²) in [5.74, 6) is 0. The van der Waals surface area contributed by atoms with Gasteiger partial charge in [-0.05, 0) is 28.3 Å². The van der Waals surface area contributed by atoms with Crippen molar-refractivity contribution in [1.29, 1.82) is 0 Å². The molecule has 0 amide bonds. The van der Waals surface area contributed by atoms with Gasteiger partial charge in [0.1, 0.15) is 8.07 Å². The van der Waals surface area contributed by atoms with E-state index in [0.717, 1.165) is 0 Å². The van der Waals surface area contributed by atoms with Gasteiger partial charge in [-0.2, -0.15) is 0 Å². The molecule has 0 saturated carbocycles. The highest BCUT2D eigenvalue weighted by Gasteiger charge is 2.45. The van der Waals surface area contributed by atoms with Crippen molar-refractivity contribution in [2.24, 2.45) is 0 Å². The van der Waals surface area contributed by atoms with Gasteiger partial charge in [0.2, 0.25) is 0 Å². The standard InChI is InChI=1S/C23H32Si/c1-5-6-7-8-15-20-24(23(2,3)4,21-16-11-9-12-17-21)22-18-13-10-14-19-22/h9-20H,5-8H2,1-4H3/b20-15+. The maximum absolute atomic E-state index is 2.60. The molecule has 0 N–H and O–H groups in total. The van der Waals surface area contributed by atoms with Crippen molar-refractivity contribution in [3.05, 3.63) is 72.4 Å². The maximum atomic E-state index is 2.60. The third kappa shape index (κ3) is 4.07. The molecular formula is C23H32Si. The summed E-state index contributed by atoms with van der Waals surface area (Å²) in [6.45, 7) is 9.51. The molecule has 2 rings (SSSR count). The minimum atomic E-state index is -1.99. The molecule has 0 nitrogen and oxygen atoms in total. The number of allylic oxidation sites excluding steroid dienone is 1. The third-order valence-electron chi connectivity index (χ3n) is 4.98. The Morgan fingerprint density at radius 1 is 0.792 bits per heavy atom. The second-order valence-corrected chi connectivity index (χ2v) is 12.3. The van der Waals surface area contributed by atoms with Crippen molar-refractivity contribution in [2.75, 3.05) is 0 Å². The number of hydrogen-bond donors (Lipinski definition) is 0. The topological polar surface area (TPSA) is 0 Å². The van der Waals surface area contributed by atoms with Crippen LogP contribution < -0.4 is 10.4 Å². The zero-order chi connectivity index (χ0) is 17.5. The molecule has 0 fully saturated rings. The van der Waals surface area contributed by atoms with Crippen LogP contribution in [0.4, 0.5) is 0 Å². The van der Waals surface area contributed by atoms with Crippen molar-refractivity contribution in [3.63, 3.8) is 0 Å². The van der Waals surface area contributed by atoms with E-state index in [9.17, 15) is 0 Å². The molecule has 24 heavy (non-hydrogen) atoms. The summed E-state index contributed by atoms with van der Waals surface area (Å²) in [7, 11) is -1.99. The fourth-order valence-electron chi connectivity index (χ4n) is 3.65. The highest BCUT2D eigenvalue weighted by atomic mass is 28.3. The van der Waals surface area contributed by atoms with Crippen LogP contribution in [0.2, 0.25) is 5.04 Å². The minimum absolute atomic E-state index is 0.219. The SMILES string of the molecule is CCCCC/C=C/[Si](c1ccccc1)(c1ccccc1)C(C)(C)C. The Kier molecular flexibility index (Phi) is 6.62. The van der Waals surface area contributed by atoms with Crippen molar-refractivity contribution in [3.8, 4) is 0 Å². The fourth-order valence-corrected chi connectivity index (χ4v) is 8.56. The number of hydrogen-bond acceptors (Lipinski definition) is 0. The molecule has 0 aromatic heterocycles. The zero-order valence-corrected chi connectivity index (χ0v) is 16.8. The second kappa shape index (κ2) is 8.48. The van der Waals surface area contributed by atoms with Crippen LogP contribution in [0, 0.1) is 0 Å². The van der Waals surface area contributed by atoms with E-state index < -0.39 is 8.07 Å². The quantitative estimate of drug-likeness (QED) is 0.448. The second-order valence-electron chi connectivity index (χ2n) is 7.69. The van der Waals surface area contributed by atoms with Crippen molar-refractivity contribution in [2.45, 2.75) is 58.4 Å². The van der Waals surface area contributed by atoms with Crippen LogP contribution in [-0.2, 0) is 0 Å². The highest BCUT2D eigenvalue weighted by Crippen LogP contribution is 2.36. The molecular weight excluding hydrogens is 304 g/mol. The molecule has 0 aliphatic rings. The van der Waals surface area contributed by atoms with Gasteiger partial charge in [-0.25, -0.2) is 0 Å². The lowest BCUT2D eigenvalue weighted by Crippen LogP contribution is -2.63. The Morgan fingerprint density at radius 3 is 1.71 bits per heavy atom. The molecule has 2 aromatic rings. The average Bonchev–Trinajstić information content (AvgIpc) is 2.59. The average molecular weight is 337 g/mol. The maximum Gasteiger partial charge on any atom is 0.146 e. The largest absolute Gasteiger partial charge is 0.146 e. The van der Waals surface area contributed by atoms with Gasteiger partial charge < -0.3 is 0 Å². The first kappa shape index (κ1) is 18.7. The normalized spacial score (nSPS) is 12.7. The van der Waals surface area contributed by atoms with E-state index in [4.69, 9.17) is 0 Å². The highest BCUT2D eigenvalue weighted by molar-refractivity contribution is 7.07. The summed E-state index contributed by atoms with van der Waals surface area (Å²) in [5.41, 5.74) is 2.60. The summed E-state index contributed by atoms with van der Waals surface area (Å²) in [4.78, 5) is 0. The molecule has 128 valence electrons. The Morgan fingerprint density at radius 2 is 1.29 bits per heavy atom. The smallest absolute Gasteiger partial charge is 0.0917 e. The molecule has 0 unspecified atom stereocenters. The van der Waals surface area contributed by atoms with E-state index >= 15 is 0 Å². The van der Waals surface area contributed by atoms with Gasteiger partial charge in [0.25, 0.3) is 0 Å². The molecule has 0 bridgehead atoms. The molecule has 1 heteroatoms. The van der Waals surface area contributed by atoms with Gasteiger partial charge in [0.15, 0.2) is 0 Å². The van der Waals surface area contributed by atoms with E-state index in [0.29, 0.717) is 0 Å². The molecule has 0 heterocycles. The molecule has 0 radical (unpaired) electrons. The van der Waals surface area contributed by atoms with Crippen molar-refractivity contribution < 1.29 is 0 Å². The Bertz CT molecular complexity index is 581. The van der Waals surface area contributed by atoms with Gasteiger partial charge in [-0.1, -0.05) is 113 Å². The van der Waals surface area contributed by atoms with Crippen LogP contribution in [0.5, 0.6) is 0 Å². The predicted molar refractivity (Wildman–Crippen MR) is 111 cm³/mol. The van der Waals surface area contributed by atoms with Crippen molar-refractivity contribution in [1.82, 2.24) is 0 Å². The first-order valence-electron chi connectivity index (χ1n) is 9.31. The van der Waals surface area contributed by atoms with Gasteiger partial charge in [0, 0.05) is 0 Å². The van der Waals surface area contributed by atoms with Gasteiger partial charge in [0.05, 0.1) is 0 Å². The lowest BCUT2D eigenvalue weighted by atomic mass is 10.2. The number of unbranched alkanes of at least 4 members (excludes halogenated alkanes) is 3. The summed E-state index contributed by atoms with van der Waals surface area (Å²) in [6, 6.07) is 22.4. The fraction of sp³-hybridized carbons (Fsp3) is 0.391. The number of benzene rings is 2. The van der Waals surface area contributed by atoms with Crippen LogP contribution in [-0.4, -0.2) is 8.07 Å². The van der Waals surface area contributed by atoms with E-state index in [-0.39, 0.29) is 5.04 Å². The molecule has 0 atom stereocenters. The molecule has 0 aliphatic heterocycles. The molecule has 0 spiro atoms. The first-order valence-corrected chi connectivity index (χ1v) is 11.4. The minimum Gasteiger partial charge on any atom is -0.0917 e. The first-order chi connectivity index (χ1) is 11.5. The summed E-state index contributed by atoms with van der Waals surface area (Å²) in [6.07, 6.45) is 7.56. The summed E-state index contributed by atoms with van der Waals surface area (Å²) < 4.78 is 0. The van der Waals surface area contributed by atoms with E-state index in [1.807, 2.05) is 0 Å². The molecule has 2 aromatic carbocycles. The van der Waals surface area contributed by atoms with Crippen LogP contribution in [0.3, 0.4) is 0 Å². The molecule has 0 saturated heterocycles. The van der Waals surface area contributed by atoms with Crippen LogP contribution in [0.15, 0.2) is 72.4 Å². The zero-order valence-electron chi connectivity index (χ0n) is 15.8. The summed E-state index contributed by atoms with van der Waals surface area (Å²) in [5, 5.41) is 3.24. The lowest BCUT2D eigenvalue weighted by molar-refractivity contribution is 0.726. The predicted octanol–water partition coefficient (Wildman–Crippen LogP) is 5.73. The van der Waals surface area contributed by atoms with E-state index in [1.54, 1.807) is 0 Å². The van der Waals surface area contributed by atoms with Gasteiger partial charge in [-0.3, -0.25) is 0 Å². The molecule has 0 aliphatic carbocycles. The van der Waals surface area contributed by atoms with Crippen molar-refractivity contribution >= 4 is 18.4 Å². The number of rotatable bonds is 7. The van der Waals surface area contributed by atoms with Gasteiger partial charge in [-0.15, -0.1) is 0 Å².